The van der Waals surface area contributed by atoms with Gasteiger partial charge in [0, 0.05) is 24.6 Å². The molecule has 0 spiro atoms. The molecular formula is C14H21BrN2O. The first-order valence-electron chi connectivity index (χ1n) is 6.74. The Morgan fingerprint density at radius 3 is 3.22 bits per heavy atom. The van der Waals surface area contributed by atoms with Gasteiger partial charge in [-0.2, -0.15) is 0 Å². The number of alkyl halides is 1. The number of pyridine rings is 1. The Morgan fingerprint density at radius 1 is 1.56 bits per heavy atom. The van der Waals surface area contributed by atoms with Gasteiger partial charge in [-0.25, -0.2) is 4.98 Å². The van der Waals surface area contributed by atoms with Gasteiger partial charge in [0.15, 0.2) is 11.6 Å². The molecule has 1 fully saturated rings. The van der Waals surface area contributed by atoms with E-state index < -0.39 is 0 Å². The molecule has 1 aromatic rings. The minimum Gasteiger partial charge on any atom is -0.490 e. The van der Waals surface area contributed by atoms with Crippen LogP contribution in [0.15, 0.2) is 18.3 Å². The standard InChI is InChI=1S/C14H21BrN2O/c1-2-18-13-6-3-9-16-14(13)17-10-4-5-12(11-17)7-8-15/h3,6,9,12H,2,4-5,7-8,10-11H2,1H3. The third kappa shape index (κ3) is 3.37. The van der Waals surface area contributed by atoms with Crippen molar-refractivity contribution in [3.05, 3.63) is 18.3 Å². The van der Waals surface area contributed by atoms with E-state index in [0.717, 1.165) is 35.9 Å². The van der Waals surface area contributed by atoms with Crippen molar-refractivity contribution in [2.45, 2.75) is 26.2 Å². The van der Waals surface area contributed by atoms with Crippen LogP contribution in [0.5, 0.6) is 5.75 Å². The van der Waals surface area contributed by atoms with Crippen molar-refractivity contribution in [2.24, 2.45) is 5.92 Å². The molecule has 100 valence electrons. The van der Waals surface area contributed by atoms with E-state index in [1.165, 1.54) is 19.3 Å². The second kappa shape index (κ2) is 6.98. The van der Waals surface area contributed by atoms with E-state index in [1.807, 2.05) is 25.3 Å². The zero-order valence-electron chi connectivity index (χ0n) is 10.9. The lowest BCUT2D eigenvalue weighted by molar-refractivity contribution is 0.335. The first-order chi connectivity index (χ1) is 8.85. The van der Waals surface area contributed by atoms with Gasteiger partial charge in [-0.05, 0) is 44.2 Å². The molecule has 18 heavy (non-hydrogen) atoms. The average Bonchev–Trinajstić information content (AvgIpc) is 2.40. The van der Waals surface area contributed by atoms with Crippen LogP contribution in [-0.2, 0) is 0 Å². The summed E-state index contributed by atoms with van der Waals surface area (Å²) in [6.45, 7) is 4.90. The fraction of sp³-hybridized carbons (Fsp3) is 0.643. The van der Waals surface area contributed by atoms with E-state index in [2.05, 4.69) is 25.8 Å². The van der Waals surface area contributed by atoms with Crippen molar-refractivity contribution in [2.75, 3.05) is 29.9 Å². The quantitative estimate of drug-likeness (QED) is 0.778. The number of hydrogen-bond acceptors (Lipinski definition) is 3. The first-order valence-corrected chi connectivity index (χ1v) is 7.86. The van der Waals surface area contributed by atoms with Crippen LogP contribution in [0.3, 0.4) is 0 Å². The van der Waals surface area contributed by atoms with Crippen LogP contribution in [0.1, 0.15) is 26.2 Å². The second-order valence-electron chi connectivity index (χ2n) is 4.69. The molecule has 1 atom stereocenters. The van der Waals surface area contributed by atoms with Gasteiger partial charge in [0.25, 0.3) is 0 Å². The van der Waals surface area contributed by atoms with E-state index in [9.17, 15) is 0 Å². The summed E-state index contributed by atoms with van der Waals surface area (Å²) >= 11 is 3.54. The number of nitrogens with zero attached hydrogens (tertiary/aromatic N) is 2. The molecular weight excluding hydrogens is 292 g/mol. The number of halogens is 1. The third-order valence-corrected chi connectivity index (χ3v) is 3.84. The lowest BCUT2D eigenvalue weighted by atomic mass is 9.95. The van der Waals surface area contributed by atoms with Gasteiger partial charge in [0.2, 0.25) is 0 Å². The molecule has 0 aromatic carbocycles. The summed E-state index contributed by atoms with van der Waals surface area (Å²) in [6.07, 6.45) is 5.68. The first kappa shape index (κ1) is 13.7. The number of rotatable bonds is 5. The zero-order valence-corrected chi connectivity index (χ0v) is 12.5. The predicted octanol–water partition coefficient (Wildman–Crippen LogP) is 3.48. The maximum atomic E-state index is 5.67. The second-order valence-corrected chi connectivity index (χ2v) is 5.48. The predicted molar refractivity (Wildman–Crippen MR) is 78.8 cm³/mol. The van der Waals surface area contributed by atoms with Crippen LogP contribution in [0.2, 0.25) is 0 Å². The summed E-state index contributed by atoms with van der Waals surface area (Å²) in [5, 5.41) is 1.09. The van der Waals surface area contributed by atoms with Gasteiger partial charge in [-0.1, -0.05) is 15.9 Å². The van der Waals surface area contributed by atoms with Gasteiger partial charge in [0.05, 0.1) is 6.61 Å². The topological polar surface area (TPSA) is 25.4 Å². The number of aromatic nitrogens is 1. The highest BCUT2D eigenvalue weighted by Crippen LogP contribution is 2.30. The van der Waals surface area contributed by atoms with Crippen LogP contribution in [0, 0.1) is 5.92 Å². The highest BCUT2D eigenvalue weighted by atomic mass is 79.9. The Bertz CT molecular complexity index is 371. The normalized spacial score (nSPS) is 19.9. The molecule has 0 amide bonds. The minimum atomic E-state index is 0.692. The van der Waals surface area contributed by atoms with E-state index in [1.54, 1.807) is 0 Å². The Labute approximate surface area is 118 Å². The fourth-order valence-corrected chi connectivity index (χ4v) is 3.18. The molecule has 2 heterocycles. The SMILES string of the molecule is CCOc1cccnc1N1CCCC(CCBr)C1. The van der Waals surface area contributed by atoms with Crippen LogP contribution >= 0.6 is 15.9 Å². The molecule has 0 aliphatic carbocycles. The maximum Gasteiger partial charge on any atom is 0.171 e. The molecule has 1 aliphatic rings. The third-order valence-electron chi connectivity index (χ3n) is 3.39. The molecule has 0 N–H and O–H groups in total. The number of hydrogen-bond donors (Lipinski definition) is 0. The Balaban J connectivity index is 2.10. The van der Waals surface area contributed by atoms with Crippen molar-refractivity contribution in [3.8, 4) is 5.75 Å². The molecule has 3 nitrogen and oxygen atoms in total. The van der Waals surface area contributed by atoms with Crippen LogP contribution in [0.25, 0.3) is 0 Å². The number of piperidine rings is 1. The largest absolute Gasteiger partial charge is 0.490 e. The summed E-state index contributed by atoms with van der Waals surface area (Å²) in [5.74, 6) is 2.70. The molecule has 0 saturated carbocycles. The Kier molecular flexibility index (Phi) is 5.29. The molecule has 4 heteroatoms. The summed E-state index contributed by atoms with van der Waals surface area (Å²) in [4.78, 5) is 6.88. The highest BCUT2D eigenvalue weighted by molar-refractivity contribution is 9.09. The van der Waals surface area contributed by atoms with Gasteiger partial charge >= 0.3 is 0 Å². The molecule has 0 bridgehead atoms. The number of ether oxygens (including phenoxy) is 1. The van der Waals surface area contributed by atoms with E-state index in [-0.39, 0.29) is 0 Å². The minimum absolute atomic E-state index is 0.692. The van der Waals surface area contributed by atoms with Crippen molar-refractivity contribution < 1.29 is 4.74 Å². The number of anilines is 1. The summed E-state index contributed by atoms with van der Waals surface area (Å²) in [5.41, 5.74) is 0. The summed E-state index contributed by atoms with van der Waals surface area (Å²) in [7, 11) is 0. The van der Waals surface area contributed by atoms with Gasteiger partial charge in [0.1, 0.15) is 0 Å². The monoisotopic (exact) mass is 312 g/mol. The Hall–Kier alpha value is -0.770. The maximum absolute atomic E-state index is 5.67. The van der Waals surface area contributed by atoms with E-state index in [0.29, 0.717) is 6.61 Å². The molecule has 1 unspecified atom stereocenters. The zero-order chi connectivity index (χ0) is 12.8. The van der Waals surface area contributed by atoms with Crippen LogP contribution < -0.4 is 9.64 Å². The van der Waals surface area contributed by atoms with Gasteiger partial charge in [-0.15, -0.1) is 0 Å². The van der Waals surface area contributed by atoms with Crippen molar-refractivity contribution >= 4 is 21.7 Å². The van der Waals surface area contributed by atoms with Crippen molar-refractivity contribution in [1.82, 2.24) is 4.98 Å². The van der Waals surface area contributed by atoms with E-state index >= 15 is 0 Å². The molecule has 1 saturated heterocycles. The molecule has 2 rings (SSSR count). The van der Waals surface area contributed by atoms with Gasteiger partial charge in [-0.3, -0.25) is 0 Å². The van der Waals surface area contributed by atoms with Crippen molar-refractivity contribution in [3.63, 3.8) is 0 Å². The van der Waals surface area contributed by atoms with E-state index in [4.69, 9.17) is 4.74 Å². The highest BCUT2D eigenvalue weighted by Gasteiger charge is 2.22. The molecule has 1 aliphatic heterocycles. The lowest BCUT2D eigenvalue weighted by Crippen LogP contribution is -2.36. The van der Waals surface area contributed by atoms with Crippen LogP contribution in [-0.4, -0.2) is 30.0 Å². The van der Waals surface area contributed by atoms with Gasteiger partial charge < -0.3 is 9.64 Å². The summed E-state index contributed by atoms with van der Waals surface area (Å²) in [6, 6.07) is 3.95. The summed E-state index contributed by atoms with van der Waals surface area (Å²) < 4.78 is 5.67. The van der Waals surface area contributed by atoms with Crippen LogP contribution in [0.4, 0.5) is 5.82 Å². The molecule has 0 radical (unpaired) electrons. The average molecular weight is 313 g/mol. The lowest BCUT2D eigenvalue weighted by Gasteiger charge is -2.34. The molecule has 1 aromatic heterocycles. The van der Waals surface area contributed by atoms with Crippen molar-refractivity contribution in [1.29, 1.82) is 0 Å². The Morgan fingerprint density at radius 2 is 2.44 bits per heavy atom. The fourth-order valence-electron chi connectivity index (χ4n) is 2.54. The smallest absolute Gasteiger partial charge is 0.171 e.